The molecular formula is C111H74BrN3. The largest absolute Gasteiger partial charge is 0.310 e. The summed E-state index contributed by atoms with van der Waals surface area (Å²) in [5.41, 5.74) is 39.1. The molecule has 2 aromatic heterocycles. The first-order valence-corrected chi connectivity index (χ1v) is 40.6. The van der Waals surface area contributed by atoms with Gasteiger partial charge < -0.3 is 14.0 Å². The van der Waals surface area contributed by atoms with Gasteiger partial charge in [-0.2, -0.15) is 0 Å². The summed E-state index contributed by atoms with van der Waals surface area (Å²) in [6.07, 6.45) is 0.915. The van der Waals surface area contributed by atoms with E-state index >= 15 is 0 Å². The SMILES string of the molecule is Brc1ccc2c3ccccc3n(-c3ccccc3)c2c1.c1ccc(-c2ccc(Cc3ccc4c(c3)C3(c5ccccc5-c5ccccc53)c3ccccc3-4)cc2)cc1.c1ccc(-c2ccc(N(c3ccc4c(c3)C3(c5ccccc5-c5ccccc53)c3ccccc3-4)c3ccc4c5ccccc5n(-c5ccccc5)c4c3)cc2)cc1. The number of aromatic nitrogens is 2. The molecule has 540 valence electrons. The van der Waals surface area contributed by atoms with Gasteiger partial charge in [0.25, 0.3) is 0 Å². The maximum atomic E-state index is 3.58. The first-order chi connectivity index (χ1) is 57.0. The molecule has 0 N–H and O–H groups in total. The van der Waals surface area contributed by atoms with Gasteiger partial charge in [0.2, 0.25) is 0 Å². The van der Waals surface area contributed by atoms with Gasteiger partial charge in [-0.25, -0.2) is 0 Å². The van der Waals surface area contributed by atoms with Gasteiger partial charge in [-0.15, -0.1) is 0 Å². The summed E-state index contributed by atoms with van der Waals surface area (Å²) in [6, 6.07) is 160. The van der Waals surface area contributed by atoms with E-state index in [1.807, 2.05) is 6.07 Å². The van der Waals surface area contributed by atoms with Gasteiger partial charge in [0.05, 0.1) is 32.9 Å². The number of rotatable bonds is 9. The third-order valence-corrected chi connectivity index (χ3v) is 25.1. The molecule has 2 heterocycles. The molecule has 4 heteroatoms. The lowest BCUT2D eigenvalue weighted by Crippen LogP contribution is -2.26. The number of nitrogens with zero attached hydrogens (tertiary/aromatic N) is 3. The molecule has 0 aliphatic heterocycles. The molecule has 0 saturated carbocycles. The Morgan fingerprint density at radius 1 is 0.209 bits per heavy atom. The Balaban J connectivity index is 0.000000118. The second-order valence-corrected chi connectivity index (χ2v) is 31.5. The number of benzene rings is 18. The average Bonchev–Trinajstić information content (AvgIpc) is 1.51. The van der Waals surface area contributed by atoms with E-state index in [9.17, 15) is 0 Å². The Hall–Kier alpha value is -14.2. The van der Waals surface area contributed by atoms with Crippen molar-refractivity contribution in [3.63, 3.8) is 0 Å². The van der Waals surface area contributed by atoms with E-state index in [-0.39, 0.29) is 5.41 Å². The second kappa shape index (κ2) is 27.6. The van der Waals surface area contributed by atoms with Crippen molar-refractivity contribution in [3.05, 3.63) is 497 Å². The standard InChI is InChI=1S/C55H36N2.C38H26.C18H12BrN/c1-3-15-37(16-4-1)38-27-29-40(30-28-38)56(42-32-34-48-47-22-10-14-26-53(47)57(54(48)36-42)39-17-5-2-6-18-39)41-31-33-46-45-21-9-13-25-51(45)55(52(46)35-41)49-23-11-7-19-43(49)44-20-8-12-24-50(44)55;1-2-10-28(11-3-1)29-21-18-26(19-22-29)24-27-20-23-33-32-14-6-9-17-36(32)38(37(33)25-27)34-15-7-4-12-30(34)31-13-5-8-16-35(31)38;19-13-10-11-16-15-8-4-5-9-17(15)20(18(16)12-13)14-6-2-1-3-7-14/h1-36H;1-23,25H,24H2;1-12H. The summed E-state index contributed by atoms with van der Waals surface area (Å²) in [4.78, 5) is 2.45. The van der Waals surface area contributed by atoms with Crippen LogP contribution in [0, 0.1) is 0 Å². The van der Waals surface area contributed by atoms with Gasteiger partial charge in [-0.1, -0.05) is 368 Å². The van der Waals surface area contributed by atoms with Gasteiger partial charge in [-0.05, 0) is 214 Å². The van der Waals surface area contributed by atoms with Crippen LogP contribution in [0.2, 0.25) is 0 Å². The van der Waals surface area contributed by atoms with Crippen molar-refractivity contribution in [2.45, 2.75) is 17.3 Å². The summed E-state index contributed by atoms with van der Waals surface area (Å²) in [6.45, 7) is 0. The van der Waals surface area contributed by atoms with E-state index in [2.05, 4.69) is 461 Å². The van der Waals surface area contributed by atoms with Gasteiger partial charge in [-0.3, -0.25) is 0 Å². The van der Waals surface area contributed by atoms with Crippen molar-refractivity contribution in [3.8, 4) is 78.1 Å². The summed E-state index contributed by atoms with van der Waals surface area (Å²) >= 11 is 3.58. The fraction of sp³-hybridized carbons (Fsp3) is 0.0270. The van der Waals surface area contributed by atoms with E-state index in [1.54, 1.807) is 0 Å². The molecular weight excluding hydrogens is 1460 g/mol. The fourth-order valence-electron chi connectivity index (χ4n) is 19.8. The van der Waals surface area contributed by atoms with Crippen molar-refractivity contribution in [1.82, 2.24) is 9.13 Å². The molecule has 115 heavy (non-hydrogen) atoms. The number of hydrogen-bond acceptors (Lipinski definition) is 1. The van der Waals surface area contributed by atoms with Crippen LogP contribution in [-0.4, -0.2) is 9.13 Å². The topological polar surface area (TPSA) is 13.1 Å². The van der Waals surface area contributed by atoms with Crippen LogP contribution in [0.4, 0.5) is 17.1 Å². The molecule has 2 spiro atoms. The summed E-state index contributed by atoms with van der Waals surface area (Å²) < 4.78 is 5.83. The van der Waals surface area contributed by atoms with Crippen molar-refractivity contribution < 1.29 is 0 Å². The highest BCUT2D eigenvalue weighted by Gasteiger charge is 2.53. The van der Waals surface area contributed by atoms with E-state index < -0.39 is 5.41 Å². The minimum absolute atomic E-state index is 0.272. The molecule has 4 aliphatic carbocycles. The highest BCUT2D eigenvalue weighted by molar-refractivity contribution is 9.10. The molecule has 0 saturated heterocycles. The third-order valence-electron chi connectivity index (χ3n) is 24.6. The zero-order valence-corrected chi connectivity index (χ0v) is 64.6. The average molecular weight is 1530 g/mol. The third kappa shape index (κ3) is 10.8. The predicted molar refractivity (Wildman–Crippen MR) is 483 cm³/mol. The molecule has 0 atom stereocenters. The van der Waals surface area contributed by atoms with Gasteiger partial charge >= 0.3 is 0 Å². The van der Waals surface area contributed by atoms with Crippen molar-refractivity contribution in [2.75, 3.05) is 4.90 Å². The van der Waals surface area contributed by atoms with Crippen LogP contribution in [0.1, 0.15) is 55.6 Å². The molecule has 3 nitrogen and oxygen atoms in total. The predicted octanol–water partition coefficient (Wildman–Crippen LogP) is 29.1. The first-order valence-electron chi connectivity index (χ1n) is 39.8. The maximum absolute atomic E-state index is 3.58. The van der Waals surface area contributed by atoms with Crippen molar-refractivity contribution in [2.24, 2.45) is 0 Å². The quantitative estimate of drug-likeness (QED) is 0.140. The van der Waals surface area contributed by atoms with Gasteiger partial charge in [0.15, 0.2) is 0 Å². The number of halogens is 1. The molecule has 0 bridgehead atoms. The lowest BCUT2D eigenvalue weighted by molar-refractivity contribution is 0.792. The fourth-order valence-corrected chi connectivity index (χ4v) is 20.1. The van der Waals surface area contributed by atoms with Crippen LogP contribution in [0.3, 0.4) is 0 Å². The van der Waals surface area contributed by atoms with E-state index in [1.165, 1.54) is 172 Å². The van der Waals surface area contributed by atoms with Crippen molar-refractivity contribution in [1.29, 1.82) is 0 Å². The van der Waals surface area contributed by atoms with Crippen LogP contribution in [0.15, 0.2) is 441 Å². The zero-order valence-electron chi connectivity index (χ0n) is 63.0. The number of hydrogen-bond donors (Lipinski definition) is 0. The zero-order chi connectivity index (χ0) is 76.1. The van der Waals surface area contributed by atoms with E-state index in [4.69, 9.17) is 0 Å². The number of para-hydroxylation sites is 4. The van der Waals surface area contributed by atoms with E-state index in [0.717, 1.165) is 33.6 Å². The second-order valence-electron chi connectivity index (χ2n) is 30.6. The van der Waals surface area contributed by atoms with Gasteiger partial charge in [0, 0.05) is 54.5 Å². The first kappa shape index (κ1) is 67.7. The molecule has 0 fully saturated rings. The number of anilines is 3. The van der Waals surface area contributed by atoms with E-state index in [0.29, 0.717) is 0 Å². The minimum Gasteiger partial charge on any atom is -0.310 e. The smallest absolute Gasteiger partial charge is 0.0726 e. The highest BCUT2D eigenvalue weighted by Crippen LogP contribution is 2.65. The van der Waals surface area contributed by atoms with Crippen LogP contribution in [-0.2, 0) is 17.3 Å². The normalized spacial score (nSPS) is 12.9. The molecule has 20 aromatic rings. The monoisotopic (exact) mass is 1530 g/mol. The Morgan fingerprint density at radius 3 is 0.965 bits per heavy atom. The highest BCUT2D eigenvalue weighted by atomic mass is 79.9. The lowest BCUT2D eigenvalue weighted by Gasteiger charge is -2.32. The van der Waals surface area contributed by atoms with Crippen LogP contribution < -0.4 is 4.90 Å². The Labute approximate surface area is 678 Å². The summed E-state index contributed by atoms with van der Waals surface area (Å²) in [5.74, 6) is 0. The molecule has 0 unspecified atom stereocenters. The van der Waals surface area contributed by atoms with Gasteiger partial charge in [0.1, 0.15) is 0 Å². The summed E-state index contributed by atoms with van der Waals surface area (Å²) in [7, 11) is 0. The van der Waals surface area contributed by atoms with Crippen LogP contribution in [0.5, 0.6) is 0 Å². The lowest BCUT2D eigenvalue weighted by atomic mass is 9.70. The van der Waals surface area contributed by atoms with Crippen LogP contribution >= 0.6 is 15.9 Å². The molecule has 24 rings (SSSR count). The Kier molecular flexibility index (Phi) is 16.3. The molecule has 0 amide bonds. The van der Waals surface area contributed by atoms with Crippen LogP contribution in [0.25, 0.3) is 122 Å². The molecule has 18 aromatic carbocycles. The number of fused-ring (bicyclic) bond motifs is 26. The Morgan fingerprint density at radius 2 is 0.513 bits per heavy atom. The summed E-state index contributed by atoms with van der Waals surface area (Å²) in [5, 5.41) is 5.06. The molecule has 0 radical (unpaired) electrons. The van der Waals surface area contributed by atoms with Crippen molar-refractivity contribution >= 4 is 76.6 Å². The maximum Gasteiger partial charge on any atom is 0.0726 e. The minimum atomic E-state index is -0.429. The molecule has 4 aliphatic rings. The Bertz CT molecular complexity index is 7050.